The van der Waals surface area contributed by atoms with Gasteiger partial charge in [-0.05, 0) is 56.7 Å². The molecule has 44 heavy (non-hydrogen) atoms. The number of benzene rings is 3. The number of hydrogen-bond acceptors (Lipinski definition) is 7. The number of hydrogen-bond donors (Lipinski definition) is 1. The Hall–Kier alpha value is -3.58. The van der Waals surface area contributed by atoms with Crippen molar-refractivity contribution in [2.75, 3.05) is 24.5 Å². The maximum absolute atomic E-state index is 14.2. The molecule has 0 aliphatic rings. The number of aryl methyl sites for hydroxylation is 1. The predicted octanol–water partition coefficient (Wildman–Crippen LogP) is 6.01. The van der Waals surface area contributed by atoms with Gasteiger partial charge in [-0.2, -0.15) is 0 Å². The summed E-state index contributed by atoms with van der Waals surface area (Å²) in [6.07, 6.45) is 0.645. The minimum absolute atomic E-state index is 0.0572. The van der Waals surface area contributed by atoms with Gasteiger partial charge < -0.3 is 15.0 Å². The summed E-state index contributed by atoms with van der Waals surface area (Å²) >= 11 is 19.0. The molecule has 0 heterocycles. The molecule has 0 saturated carbocycles. The molecule has 3 aromatic carbocycles. The number of sulfonamides is 1. The SMILES string of the molecule is CCCNC(=O)C(C)N(Cc1c(Cl)cccc1Cl)C(=O)CN(c1cc(Cl)ccc1OC)S(=O)(=O)c1ccc(C)c([N+](=O)[O-])c1. The molecule has 1 atom stereocenters. The van der Waals surface area contributed by atoms with Gasteiger partial charge in [0.2, 0.25) is 11.8 Å². The van der Waals surface area contributed by atoms with Gasteiger partial charge in [-0.25, -0.2) is 8.42 Å². The third kappa shape index (κ3) is 7.92. The summed E-state index contributed by atoms with van der Waals surface area (Å²) in [4.78, 5) is 38.8. The summed E-state index contributed by atoms with van der Waals surface area (Å²) < 4.78 is 34.5. The van der Waals surface area contributed by atoms with Crippen molar-refractivity contribution in [3.05, 3.63) is 90.9 Å². The molecule has 236 valence electrons. The van der Waals surface area contributed by atoms with E-state index in [1.165, 1.54) is 51.3 Å². The zero-order valence-electron chi connectivity index (χ0n) is 24.3. The minimum atomic E-state index is -4.66. The molecule has 1 N–H and O–H groups in total. The molecule has 3 aromatic rings. The number of nitro groups is 1. The Bertz CT molecular complexity index is 1650. The zero-order valence-corrected chi connectivity index (χ0v) is 27.4. The highest BCUT2D eigenvalue weighted by Gasteiger charge is 2.35. The Morgan fingerprint density at radius 2 is 1.73 bits per heavy atom. The smallest absolute Gasteiger partial charge is 0.273 e. The fraction of sp³-hybridized carbons (Fsp3) is 0.310. The van der Waals surface area contributed by atoms with Gasteiger partial charge in [0.1, 0.15) is 18.3 Å². The molecule has 0 saturated heterocycles. The summed E-state index contributed by atoms with van der Waals surface area (Å²) in [5.74, 6) is -1.22. The molecular weight excluding hydrogens is 655 g/mol. The van der Waals surface area contributed by atoms with Gasteiger partial charge in [-0.1, -0.05) is 53.9 Å². The van der Waals surface area contributed by atoms with E-state index in [0.717, 1.165) is 15.3 Å². The number of nitrogens with zero attached hydrogens (tertiary/aromatic N) is 3. The monoisotopic (exact) mass is 684 g/mol. The maximum atomic E-state index is 14.2. The summed E-state index contributed by atoms with van der Waals surface area (Å²) in [6.45, 7) is 4.12. The number of amides is 2. The second kappa shape index (κ2) is 14.9. The van der Waals surface area contributed by atoms with Gasteiger partial charge in [0.05, 0.1) is 22.6 Å². The number of nitrogens with one attached hydrogen (secondary N) is 1. The first-order chi connectivity index (χ1) is 20.7. The van der Waals surface area contributed by atoms with E-state index in [2.05, 4.69) is 5.32 Å². The average Bonchev–Trinajstić information content (AvgIpc) is 2.97. The first kappa shape index (κ1) is 34.9. The largest absolute Gasteiger partial charge is 0.495 e. The molecule has 0 fully saturated rings. The van der Waals surface area contributed by atoms with Crippen molar-refractivity contribution in [3.63, 3.8) is 0 Å². The standard InChI is InChI=1S/C29H31Cl3N4O7S/c1-5-13-33-29(38)19(3)34(16-22-23(31)7-6-8-24(22)32)28(37)17-35(26-14-20(30)10-12-27(26)43-4)44(41,42)21-11-9-18(2)25(15-21)36(39)40/h6-12,14-15,19H,5,13,16-17H2,1-4H3,(H,33,38). The highest BCUT2D eigenvalue weighted by Crippen LogP contribution is 2.36. The van der Waals surface area contributed by atoms with Gasteiger partial charge in [-0.15, -0.1) is 0 Å². The third-order valence-corrected chi connectivity index (χ3v) is 9.46. The van der Waals surface area contributed by atoms with Crippen molar-refractivity contribution in [2.24, 2.45) is 0 Å². The average molecular weight is 686 g/mol. The van der Waals surface area contributed by atoms with Crippen molar-refractivity contribution in [2.45, 2.75) is 44.7 Å². The van der Waals surface area contributed by atoms with E-state index in [4.69, 9.17) is 39.5 Å². The normalized spacial score (nSPS) is 11.9. The van der Waals surface area contributed by atoms with Crippen molar-refractivity contribution in [1.29, 1.82) is 0 Å². The van der Waals surface area contributed by atoms with Crippen LogP contribution >= 0.6 is 34.8 Å². The Labute approximate surface area is 270 Å². The molecule has 2 amide bonds. The molecule has 0 spiro atoms. The van der Waals surface area contributed by atoms with Crippen LogP contribution in [0, 0.1) is 17.0 Å². The van der Waals surface area contributed by atoms with Crippen molar-refractivity contribution >= 4 is 68.0 Å². The van der Waals surface area contributed by atoms with Gasteiger partial charge in [0.25, 0.3) is 15.7 Å². The predicted molar refractivity (Wildman–Crippen MR) is 170 cm³/mol. The number of anilines is 1. The highest BCUT2D eigenvalue weighted by molar-refractivity contribution is 7.92. The number of rotatable bonds is 13. The number of halogens is 3. The van der Waals surface area contributed by atoms with Gasteiger partial charge in [0.15, 0.2) is 0 Å². The Morgan fingerprint density at radius 3 is 2.32 bits per heavy atom. The lowest BCUT2D eigenvalue weighted by Gasteiger charge is -2.32. The summed E-state index contributed by atoms with van der Waals surface area (Å²) in [6, 6.07) is 11.3. The van der Waals surface area contributed by atoms with Crippen LogP contribution in [0.5, 0.6) is 5.75 Å². The first-order valence-electron chi connectivity index (χ1n) is 13.3. The van der Waals surface area contributed by atoms with E-state index in [-0.39, 0.29) is 38.6 Å². The molecule has 0 aliphatic carbocycles. The molecule has 15 heteroatoms. The second-order valence-electron chi connectivity index (χ2n) is 9.72. The zero-order chi connectivity index (χ0) is 32.8. The molecule has 1 unspecified atom stereocenters. The fourth-order valence-electron chi connectivity index (χ4n) is 4.28. The molecule has 3 rings (SSSR count). The lowest BCUT2D eigenvalue weighted by Crippen LogP contribution is -2.51. The number of ether oxygens (including phenoxy) is 1. The van der Waals surface area contributed by atoms with E-state index in [9.17, 15) is 28.1 Å². The van der Waals surface area contributed by atoms with Crippen LogP contribution in [0.1, 0.15) is 31.4 Å². The molecule has 11 nitrogen and oxygen atoms in total. The van der Waals surface area contributed by atoms with Crippen molar-refractivity contribution < 1.29 is 27.7 Å². The Kier molecular flexibility index (Phi) is 11.8. The van der Waals surface area contributed by atoms with Crippen LogP contribution in [0.4, 0.5) is 11.4 Å². The van der Waals surface area contributed by atoms with E-state index in [1.54, 1.807) is 18.2 Å². The minimum Gasteiger partial charge on any atom is -0.495 e. The lowest BCUT2D eigenvalue weighted by atomic mass is 10.1. The molecule has 0 radical (unpaired) electrons. The van der Waals surface area contributed by atoms with Crippen LogP contribution in [0.2, 0.25) is 15.1 Å². The third-order valence-electron chi connectivity index (χ3n) is 6.76. The quantitative estimate of drug-likeness (QED) is 0.172. The lowest BCUT2D eigenvalue weighted by molar-refractivity contribution is -0.385. The van der Waals surface area contributed by atoms with Crippen molar-refractivity contribution in [3.8, 4) is 5.75 Å². The fourth-order valence-corrected chi connectivity index (χ4v) is 6.40. The van der Waals surface area contributed by atoms with Crippen LogP contribution in [-0.4, -0.2) is 56.3 Å². The summed E-state index contributed by atoms with van der Waals surface area (Å²) in [5.41, 5.74) is 0.0665. The van der Waals surface area contributed by atoms with E-state index in [0.29, 0.717) is 18.5 Å². The molecule has 0 aliphatic heterocycles. The van der Waals surface area contributed by atoms with Crippen LogP contribution in [0.15, 0.2) is 59.5 Å². The van der Waals surface area contributed by atoms with Gasteiger partial charge >= 0.3 is 0 Å². The van der Waals surface area contributed by atoms with Gasteiger partial charge in [0, 0.05) is 45.4 Å². The topological polar surface area (TPSA) is 139 Å². The number of nitro benzene ring substituents is 1. The summed E-state index contributed by atoms with van der Waals surface area (Å²) in [5, 5.41) is 15.0. The van der Waals surface area contributed by atoms with E-state index >= 15 is 0 Å². The van der Waals surface area contributed by atoms with Crippen LogP contribution in [0.25, 0.3) is 0 Å². The maximum Gasteiger partial charge on any atom is 0.273 e. The number of carbonyl (C=O) groups excluding carboxylic acids is 2. The van der Waals surface area contributed by atoms with Crippen LogP contribution < -0.4 is 14.4 Å². The number of methoxy groups -OCH3 is 1. The van der Waals surface area contributed by atoms with E-state index < -0.39 is 49.9 Å². The van der Waals surface area contributed by atoms with Crippen LogP contribution in [-0.2, 0) is 26.2 Å². The van der Waals surface area contributed by atoms with E-state index in [1.807, 2.05) is 6.92 Å². The van der Waals surface area contributed by atoms with Crippen molar-refractivity contribution in [1.82, 2.24) is 10.2 Å². The molecule has 0 bridgehead atoms. The Morgan fingerprint density at radius 1 is 1.07 bits per heavy atom. The summed E-state index contributed by atoms with van der Waals surface area (Å²) in [7, 11) is -3.36. The first-order valence-corrected chi connectivity index (χ1v) is 15.9. The Balaban J connectivity index is 2.19. The second-order valence-corrected chi connectivity index (χ2v) is 12.8. The number of carbonyl (C=O) groups is 2. The van der Waals surface area contributed by atoms with Gasteiger partial charge in [-0.3, -0.25) is 24.0 Å². The highest BCUT2D eigenvalue weighted by atomic mass is 35.5. The molecular formula is C29H31Cl3N4O7S. The molecule has 0 aromatic heterocycles. The van der Waals surface area contributed by atoms with Crippen LogP contribution in [0.3, 0.4) is 0 Å².